The monoisotopic (exact) mass is 313 g/mol. The van der Waals surface area contributed by atoms with Crippen molar-refractivity contribution in [3.8, 4) is 0 Å². The zero-order chi connectivity index (χ0) is 13.7. The zero-order valence-electron chi connectivity index (χ0n) is 11.4. The Bertz CT molecular complexity index is 600. The lowest BCUT2D eigenvalue weighted by Gasteiger charge is -2.04. The minimum absolute atomic E-state index is 0. The summed E-state index contributed by atoms with van der Waals surface area (Å²) in [5.74, 6) is 0.693. The molecule has 0 aliphatic rings. The second-order valence-electron chi connectivity index (χ2n) is 4.44. The third-order valence-corrected chi connectivity index (χ3v) is 3.74. The summed E-state index contributed by atoms with van der Waals surface area (Å²) >= 11 is 0.876. The molecule has 0 bridgehead atoms. The van der Waals surface area contributed by atoms with Crippen molar-refractivity contribution in [1.29, 1.82) is 0 Å². The van der Waals surface area contributed by atoms with E-state index < -0.39 is 0 Å². The fourth-order valence-corrected chi connectivity index (χ4v) is 2.37. The molecule has 1 heterocycles. The van der Waals surface area contributed by atoms with Gasteiger partial charge >= 0.3 is 0 Å². The molecule has 0 radical (unpaired) electrons. The number of aryl methyl sites for hydroxylation is 1. The normalized spacial score (nSPS) is 11.8. The van der Waals surface area contributed by atoms with Crippen LogP contribution >= 0.6 is 23.8 Å². The number of halogens is 1. The van der Waals surface area contributed by atoms with Gasteiger partial charge in [-0.3, -0.25) is 4.98 Å². The lowest BCUT2D eigenvalue weighted by molar-refractivity contribution is 0.564. The Morgan fingerprint density at radius 2 is 2.15 bits per heavy atom. The van der Waals surface area contributed by atoms with Gasteiger partial charge in [0.1, 0.15) is 0 Å². The summed E-state index contributed by atoms with van der Waals surface area (Å²) in [4.78, 5) is 8.99. The molecule has 1 aromatic heterocycles. The van der Waals surface area contributed by atoms with E-state index in [-0.39, 0.29) is 12.4 Å². The largest absolute Gasteiger partial charge is 0.360 e. The number of nitrogens with zero attached hydrogens (tertiary/aromatic N) is 2. The molecule has 0 aliphatic carbocycles. The zero-order valence-corrected chi connectivity index (χ0v) is 13.1. The maximum atomic E-state index is 9.21. The predicted molar refractivity (Wildman–Crippen MR) is 90.2 cm³/mol. The molecular weight excluding hydrogens is 294 g/mol. The van der Waals surface area contributed by atoms with Crippen LogP contribution in [0.2, 0.25) is 0 Å². The highest BCUT2D eigenvalue weighted by atomic mass is 35.5. The van der Waals surface area contributed by atoms with E-state index in [9.17, 15) is 5.11 Å². The fraction of sp³-hybridized carbons (Fsp3) is 0.357. The van der Waals surface area contributed by atoms with Crippen LogP contribution in [0.15, 0.2) is 24.4 Å². The molecule has 0 atom stereocenters. The fourth-order valence-electron chi connectivity index (χ4n) is 1.83. The third-order valence-electron chi connectivity index (χ3n) is 2.80. The first-order valence-corrected chi connectivity index (χ1v) is 7.41. The average molecular weight is 314 g/mol. The first kappa shape index (κ1) is 17.0. The highest BCUT2D eigenvalue weighted by Gasteiger charge is 2.01. The molecule has 3 N–H and O–H groups in total. The van der Waals surface area contributed by atoms with E-state index in [1.807, 2.05) is 6.07 Å². The Morgan fingerprint density at radius 3 is 2.85 bits per heavy atom. The molecule has 0 saturated carbocycles. The highest BCUT2D eigenvalue weighted by molar-refractivity contribution is 7.97. The lowest BCUT2D eigenvalue weighted by Crippen LogP contribution is -2.00. The van der Waals surface area contributed by atoms with E-state index in [1.165, 1.54) is 5.56 Å². The van der Waals surface area contributed by atoms with Crippen LogP contribution in [0.1, 0.15) is 24.6 Å². The Kier molecular flexibility index (Phi) is 7.09. The van der Waals surface area contributed by atoms with Crippen molar-refractivity contribution in [2.75, 3.05) is 6.54 Å². The standard InChI is InChI=1S/C14H19N3OS.ClH/c1-10(18)19-9-12-8-16-13-5-4-11(3-2-6-15)7-14(13)17-12;/h4-5,7-8,18-19H,2-3,6,9,15H2,1H3;1H. The van der Waals surface area contributed by atoms with Crippen LogP contribution in [0.25, 0.3) is 11.0 Å². The number of hydrogen-bond donors (Lipinski definition) is 3. The van der Waals surface area contributed by atoms with Gasteiger partial charge in [-0.05, 0) is 44.0 Å². The van der Waals surface area contributed by atoms with Crippen LogP contribution in [-0.4, -0.2) is 26.7 Å². The van der Waals surface area contributed by atoms with Gasteiger partial charge in [-0.15, -0.1) is 12.4 Å². The molecule has 4 nitrogen and oxygen atoms in total. The molecule has 2 rings (SSSR count). The van der Waals surface area contributed by atoms with Gasteiger partial charge in [0.25, 0.3) is 0 Å². The second-order valence-corrected chi connectivity index (χ2v) is 5.72. The number of benzene rings is 1. The summed E-state index contributed by atoms with van der Waals surface area (Å²) in [6.07, 6.45) is 3.73. The first-order chi connectivity index (χ1) is 9.19. The third kappa shape index (κ3) is 4.83. The van der Waals surface area contributed by atoms with Crippen molar-refractivity contribution >= 4 is 39.8 Å². The molecule has 6 heteroatoms. The number of hydrogen-bond acceptors (Lipinski definition) is 3. The van der Waals surface area contributed by atoms with E-state index in [0.717, 1.165) is 40.9 Å². The molecule has 2 aromatic rings. The summed E-state index contributed by atoms with van der Waals surface area (Å²) < 4.78 is 0. The Balaban J connectivity index is 0.00000200. The van der Waals surface area contributed by atoms with Crippen molar-refractivity contribution in [3.63, 3.8) is 0 Å². The van der Waals surface area contributed by atoms with E-state index in [1.54, 1.807) is 13.1 Å². The Labute approximate surface area is 128 Å². The van der Waals surface area contributed by atoms with Gasteiger partial charge in [0.05, 0.1) is 21.8 Å². The number of rotatable bonds is 5. The van der Waals surface area contributed by atoms with Gasteiger partial charge in [0.15, 0.2) is 0 Å². The molecule has 20 heavy (non-hydrogen) atoms. The summed E-state index contributed by atoms with van der Waals surface area (Å²) in [7, 11) is 0. The van der Waals surface area contributed by atoms with E-state index in [2.05, 4.69) is 22.1 Å². The molecule has 0 spiro atoms. The molecular formula is C14H20ClN3OS. The van der Waals surface area contributed by atoms with E-state index in [0.29, 0.717) is 17.3 Å². The van der Waals surface area contributed by atoms with Crippen LogP contribution in [0.3, 0.4) is 0 Å². The van der Waals surface area contributed by atoms with Crippen molar-refractivity contribution < 1.29 is 5.11 Å². The van der Waals surface area contributed by atoms with Gasteiger partial charge in [0, 0.05) is 11.9 Å². The molecule has 0 aliphatic heterocycles. The molecule has 0 unspecified atom stereocenters. The maximum Gasteiger partial charge on any atom is 0.0893 e. The summed E-state index contributed by atoms with van der Waals surface area (Å²) in [5.41, 5.74) is 9.49. The average Bonchev–Trinajstić information content (AvgIpc) is 2.42. The minimum Gasteiger partial charge on any atom is -0.360 e. The molecule has 1 aromatic carbocycles. The van der Waals surface area contributed by atoms with Gasteiger partial charge in [-0.2, -0.15) is 11.4 Å². The topological polar surface area (TPSA) is 72.0 Å². The van der Waals surface area contributed by atoms with Crippen LogP contribution in [0, 0.1) is 0 Å². The number of nitrogens with two attached hydrogens (primary N) is 1. The van der Waals surface area contributed by atoms with Gasteiger partial charge in [-0.25, -0.2) is 4.98 Å². The summed E-state index contributed by atoms with van der Waals surface area (Å²) in [6, 6.07) is 6.16. The maximum absolute atomic E-state index is 9.21. The SMILES string of the molecule is CC(O)=[SH]Cc1cnc2ccc(CCCN)cc2n1.Cl. The van der Waals surface area contributed by atoms with Crippen molar-refractivity contribution in [1.82, 2.24) is 9.97 Å². The van der Waals surface area contributed by atoms with E-state index >= 15 is 0 Å². The number of aromatic nitrogens is 2. The number of aliphatic hydroxyl groups excluding tert-OH is 1. The number of fused-ring (bicyclic) bond motifs is 1. The van der Waals surface area contributed by atoms with Gasteiger partial charge in [-0.1, -0.05) is 6.07 Å². The second kappa shape index (κ2) is 8.32. The van der Waals surface area contributed by atoms with Crippen LogP contribution in [0.5, 0.6) is 0 Å². The summed E-state index contributed by atoms with van der Waals surface area (Å²) in [6.45, 7) is 2.40. The molecule has 110 valence electrons. The molecule has 0 fully saturated rings. The van der Waals surface area contributed by atoms with Gasteiger partial charge in [0.2, 0.25) is 0 Å². The molecule has 0 amide bonds. The minimum atomic E-state index is 0. The highest BCUT2D eigenvalue weighted by Crippen LogP contribution is 2.15. The van der Waals surface area contributed by atoms with E-state index in [4.69, 9.17) is 5.73 Å². The quantitative estimate of drug-likeness (QED) is 0.586. The van der Waals surface area contributed by atoms with Gasteiger partial charge < -0.3 is 10.8 Å². The number of thiol groups is 1. The van der Waals surface area contributed by atoms with Crippen LogP contribution in [-0.2, 0) is 12.2 Å². The van der Waals surface area contributed by atoms with Crippen LogP contribution < -0.4 is 5.73 Å². The smallest absolute Gasteiger partial charge is 0.0893 e. The predicted octanol–water partition coefficient (Wildman–Crippen LogP) is 2.62. The lowest BCUT2D eigenvalue weighted by atomic mass is 10.1. The Hall–Kier alpha value is -1.01. The Morgan fingerprint density at radius 1 is 1.35 bits per heavy atom. The number of aliphatic hydroxyl groups is 1. The summed E-state index contributed by atoms with van der Waals surface area (Å²) in [5, 5.41) is 9.61. The molecule has 0 saturated heterocycles. The van der Waals surface area contributed by atoms with Crippen LogP contribution in [0.4, 0.5) is 0 Å². The van der Waals surface area contributed by atoms with Crippen molar-refractivity contribution in [2.24, 2.45) is 5.73 Å². The van der Waals surface area contributed by atoms with Crippen molar-refractivity contribution in [2.45, 2.75) is 25.5 Å². The first-order valence-electron chi connectivity index (χ1n) is 6.33. The van der Waals surface area contributed by atoms with Crippen molar-refractivity contribution in [3.05, 3.63) is 35.7 Å².